The molecule has 0 spiro atoms. The highest BCUT2D eigenvalue weighted by Crippen LogP contribution is 2.32. The lowest BCUT2D eigenvalue weighted by molar-refractivity contribution is -0.147. The van der Waals surface area contributed by atoms with Crippen molar-refractivity contribution in [3.8, 4) is 6.07 Å². The molecule has 1 unspecified atom stereocenters. The van der Waals surface area contributed by atoms with Gasteiger partial charge in [0.2, 0.25) is 0 Å². The van der Waals surface area contributed by atoms with Crippen molar-refractivity contribution in [3.63, 3.8) is 0 Å². The number of rotatable bonds is 7. The van der Waals surface area contributed by atoms with E-state index in [1.165, 1.54) is 24.3 Å². The molecule has 2 aromatic rings. The third-order valence-electron chi connectivity index (χ3n) is 4.00. The van der Waals surface area contributed by atoms with Crippen LogP contribution in [-0.2, 0) is 24.8 Å². The first-order valence-corrected chi connectivity index (χ1v) is 10.0. The van der Waals surface area contributed by atoms with E-state index in [1.807, 2.05) is 6.07 Å². The van der Waals surface area contributed by atoms with Gasteiger partial charge in [-0.15, -0.1) is 0 Å². The van der Waals surface area contributed by atoms with E-state index in [-0.39, 0.29) is 23.7 Å². The molecule has 2 aromatic carbocycles. The lowest BCUT2D eigenvalue weighted by atomic mass is 9.79. The van der Waals surface area contributed by atoms with Crippen molar-refractivity contribution in [1.82, 2.24) is 0 Å². The second-order valence-corrected chi connectivity index (χ2v) is 8.17. The second-order valence-electron chi connectivity index (χ2n) is 5.63. The highest BCUT2D eigenvalue weighted by atomic mass is 35.5. The highest BCUT2D eigenvalue weighted by molar-refractivity contribution is 7.91. The highest BCUT2D eigenvalue weighted by Gasteiger charge is 2.43. The molecule has 0 saturated heterocycles. The Bertz CT molecular complexity index is 905. The lowest BCUT2D eigenvalue weighted by Crippen LogP contribution is -2.38. The SMILES string of the molecule is CCOC(=O)C(C#N)(CCS(=O)(=O)c1ccccc1)c1ccc(Cl)cc1. The third kappa shape index (κ3) is 4.24. The minimum Gasteiger partial charge on any atom is -0.465 e. The minimum atomic E-state index is -3.65. The van der Waals surface area contributed by atoms with Gasteiger partial charge in [-0.05, 0) is 43.2 Å². The molecule has 0 aromatic heterocycles. The van der Waals surface area contributed by atoms with Gasteiger partial charge in [-0.3, -0.25) is 0 Å². The summed E-state index contributed by atoms with van der Waals surface area (Å²) in [5.74, 6) is -1.14. The summed E-state index contributed by atoms with van der Waals surface area (Å²) < 4.78 is 30.2. The fourth-order valence-corrected chi connectivity index (χ4v) is 4.06. The van der Waals surface area contributed by atoms with Crippen molar-refractivity contribution >= 4 is 27.4 Å². The van der Waals surface area contributed by atoms with Gasteiger partial charge in [0.15, 0.2) is 15.3 Å². The Hall–Kier alpha value is -2.36. The summed E-state index contributed by atoms with van der Waals surface area (Å²) in [5.41, 5.74) is -1.37. The number of carbonyl (C=O) groups is 1. The first-order valence-electron chi connectivity index (χ1n) is 7.98. The minimum absolute atomic E-state index is 0.0846. The molecule has 0 N–H and O–H groups in total. The number of nitriles is 1. The maximum absolute atomic E-state index is 12.6. The Kier molecular flexibility index (Phi) is 6.41. The largest absolute Gasteiger partial charge is 0.465 e. The topological polar surface area (TPSA) is 84.2 Å². The predicted octanol–water partition coefficient (Wildman–Crippen LogP) is 3.53. The van der Waals surface area contributed by atoms with Crippen LogP contribution >= 0.6 is 11.6 Å². The molecule has 136 valence electrons. The van der Waals surface area contributed by atoms with Crippen LogP contribution in [0.5, 0.6) is 0 Å². The summed E-state index contributed by atoms with van der Waals surface area (Å²) >= 11 is 5.88. The van der Waals surface area contributed by atoms with E-state index >= 15 is 0 Å². The monoisotopic (exact) mass is 391 g/mol. The number of hydrogen-bond donors (Lipinski definition) is 0. The molecule has 0 amide bonds. The average molecular weight is 392 g/mol. The molecule has 2 rings (SSSR count). The molecule has 1 atom stereocenters. The Morgan fingerprint density at radius 3 is 2.31 bits per heavy atom. The molecule has 26 heavy (non-hydrogen) atoms. The number of ether oxygens (including phenoxy) is 1. The summed E-state index contributed by atoms with van der Waals surface area (Å²) in [5, 5.41) is 10.2. The lowest BCUT2D eigenvalue weighted by Gasteiger charge is -2.25. The average Bonchev–Trinajstić information content (AvgIpc) is 2.65. The Balaban J connectivity index is 2.40. The summed E-state index contributed by atoms with van der Waals surface area (Å²) in [7, 11) is -3.65. The predicted molar refractivity (Wildman–Crippen MR) is 98.5 cm³/mol. The van der Waals surface area contributed by atoms with Crippen LogP contribution in [0.15, 0.2) is 59.5 Å². The molecule has 0 aliphatic carbocycles. The number of carbonyl (C=O) groups excluding carboxylic acids is 1. The van der Waals surface area contributed by atoms with E-state index in [0.29, 0.717) is 10.6 Å². The van der Waals surface area contributed by atoms with Crippen molar-refractivity contribution in [2.24, 2.45) is 0 Å². The van der Waals surface area contributed by atoms with Crippen molar-refractivity contribution < 1.29 is 17.9 Å². The zero-order valence-corrected chi connectivity index (χ0v) is 15.8. The molecule has 0 radical (unpaired) electrons. The number of sulfone groups is 1. The van der Waals surface area contributed by atoms with Crippen LogP contribution in [0.1, 0.15) is 18.9 Å². The van der Waals surface area contributed by atoms with Crippen molar-refractivity contribution in [3.05, 3.63) is 65.2 Å². The third-order valence-corrected chi connectivity index (χ3v) is 5.98. The molecule has 0 aliphatic rings. The van der Waals surface area contributed by atoms with Crippen LogP contribution in [0.25, 0.3) is 0 Å². The van der Waals surface area contributed by atoms with Gasteiger partial charge in [0.1, 0.15) is 0 Å². The van der Waals surface area contributed by atoms with Crippen molar-refractivity contribution in [2.45, 2.75) is 23.7 Å². The summed E-state index contributed by atoms with van der Waals surface area (Å²) in [6, 6.07) is 16.1. The Labute approximate surface area is 158 Å². The van der Waals surface area contributed by atoms with Gasteiger partial charge in [-0.1, -0.05) is 41.9 Å². The summed E-state index contributed by atoms with van der Waals surface area (Å²) in [6.45, 7) is 1.71. The fourth-order valence-electron chi connectivity index (χ4n) is 2.55. The molecule has 0 heterocycles. The van der Waals surface area contributed by atoms with Gasteiger partial charge < -0.3 is 4.74 Å². The van der Waals surface area contributed by atoms with E-state index in [1.54, 1.807) is 37.3 Å². The molecular formula is C19H18ClNO4S. The Morgan fingerprint density at radius 2 is 1.77 bits per heavy atom. The van der Waals surface area contributed by atoms with Crippen LogP contribution in [0.3, 0.4) is 0 Å². The zero-order valence-electron chi connectivity index (χ0n) is 14.2. The molecule has 0 saturated carbocycles. The van der Waals surface area contributed by atoms with Gasteiger partial charge >= 0.3 is 5.97 Å². The number of benzene rings is 2. The number of halogens is 1. The van der Waals surface area contributed by atoms with Crippen molar-refractivity contribution in [1.29, 1.82) is 5.26 Å². The quantitative estimate of drug-likeness (QED) is 0.674. The first-order chi connectivity index (χ1) is 12.4. The van der Waals surface area contributed by atoms with Gasteiger partial charge in [-0.25, -0.2) is 13.2 Å². The normalized spacial score (nSPS) is 13.4. The van der Waals surface area contributed by atoms with Gasteiger partial charge in [-0.2, -0.15) is 5.26 Å². The maximum atomic E-state index is 12.6. The van der Waals surface area contributed by atoms with Crippen LogP contribution < -0.4 is 0 Å². The number of nitrogens with zero attached hydrogens (tertiary/aromatic N) is 1. The summed E-state index contributed by atoms with van der Waals surface area (Å²) in [4.78, 5) is 12.7. The Morgan fingerprint density at radius 1 is 1.15 bits per heavy atom. The van der Waals surface area contributed by atoms with Crippen LogP contribution in [-0.4, -0.2) is 26.7 Å². The van der Waals surface area contributed by atoms with Crippen molar-refractivity contribution in [2.75, 3.05) is 12.4 Å². The van der Waals surface area contributed by atoms with Crippen LogP contribution in [0.4, 0.5) is 0 Å². The maximum Gasteiger partial charge on any atom is 0.331 e. The number of hydrogen-bond acceptors (Lipinski definition) is 5. The second kappa shape index (κ2) is 8.35. The van der Waals surface area contributed by atoms with Gasteiger partial charge in [0, 0.05) is 5.02 Å². The van der Waals surface area contributed by atoms with E-state index in [9.17, 15) is 18.5 Å². The summed E-state index contributed by atoms with van der Waals surface area (Å²) in [6.07, 6.45) is -0.221. The van der Waals surface area contributed by atoms with E-state index in [4.69, 9.17) is 16.3 Å². The molecule has 0 bridgehead atoms. The first kappa shape index (κ1) is 20.0. The smallest absolute Gasteiger partial charge is 0.331 e. The standard InChI is InChI=1S/C19H18ClNO4S/c1-2-25-18(22)19(14-21,15-8-10-16(20)11-9-15)12-13-26(23,24)17-6-4-3-5-7-17/h3-11H,2,12-13H2,1H3. The zero-order chi connectivity index (χ0) is 19.2. The number of esters is 1. The van der Waals surface area contributed by atoms with Gasteiger partial charge in [0.25, 0.3) is 0 Å². The molecule has 0 aliphatic heterocycles. The molecule has 5 nitrogen and oxygen atoms in total. The molecular weight excluding hydrogens is 374 g/mol. The molecule has 0 fully saturated rings. The van der Waals surface area contributed by atoms with Gasteiger partial charge in [0.05, 0.1) is 23.3 Å². The van der Waals surface area contributed by atoms with E-state index in [2.05, 4.69) is 0 Å². The van der Waals surface area contributed by atoms with Crippen LogP contribution in [0, 0.1) is 11.3 Å². The van der Waals surface area contributed by atoms with Crippen LogP contribution in [0.2, 0.25) is 5.02 Å². The molecule has 7 heteroatoms. The van der Waals surface area contributed by atoms with E-state index < -0.39 is 21.2 Å². The fraction of sp³-hybridized carbons (Fsp3) is 0.263. The van der Waals surface area contributed by atoms with E-state index in [0.717, 1.165) is 0 Å².